The molecule has 0 aromatic heterocycles. The third-order valence-electron chi connectivity index (χ3n) is 2.88. The Labute approximate surface area is 125 Å². The number of benzene rings is 1. The number of hydroxylamine groups is 1. The fourth-order valence-electron chi connectivity index (χ4n) is 1.84. The Bertz CT molecular complexity index is 718. The number of carbonyl (C=O) groups is 2. The Morgan fingerprint density at radius 3 is 2.71 bits per heavy atom. The molecule has 1 amide bonds. The van der Waals surface area contributed by atoms with E-state index in [9.17, 15) is 18.0 Å². The van der Waals surface area contributed by atoms with Gasteiger partial charge in [-0.15, -0.1) is 0 Å². The number of nitrogens with one attached hydrogen (secondary N) is 2. The molecule has 1 heterocycles. The first-order valence-corrected chi connectivity index (χ1v) is 7.56. The van der Waals surface area contributed by atoms with Crippen molar-refractivity contribution < 1.29 is 28.0 Å². The van der Waals surface area contributed by atoms with Crippen LogP contribution in [0.2, 0.25) is 5.02 Å². The van der Waals surface area contributed by atoms with Crippen LogP contribution in [-0.2, 0) is 19.7 Å². The summed E-state index contributed by atoms with van der Waals surface area (Å²) in [6, 6.07) is 1.20. The van der Waals surface area contributed by atoms with Gasteiger partial charge in [-0.05, 0) is 24.6 Å². The monoisotopic (exact) mass is 334 g/mol. The van der Waals surface area contributed by atoms with E-state index in [0.29, 0.717) is 0 Å². The summed E-state index contributed by atoms with van der Waals surface area (Å²) in [5.41, 5.74) is 1.81. The first-order valence-electron chi connectivity index (χ1n) is 5.70. The molecule has 1 saturated heterocycles. The second kappa shape index (κ2) is 5.60. The van der Waals surface area contributed by atoms with Crippen molar-refractivity contribution in [1.82, 2.24) is 10.2 Å². The van der Waals surface area contributed by atoms with E-state index in [2.05, 4.69) is 9.56 Å². The summed E-state index contributed by atoms with van der Waals surface area (Å²) < 4.78 is 26.7. The predicted molar refractivity (Wildman–Crippen MR) is 71.4 cm³/mol. The second-order valence-electron chi connectivity index (χ2n) is 4.33. The lowest BCUT2D eigenvalue weighted by Gasteiger charge is -2.13. The van der Waals surface area contributed by atoms with Crippen molar-refractivity contribution in [3.05, 3.63) is 28.3 Å². The van der Waals surface area contributed by atoms with Crippen molar-refractivity contribution in [2.24, 2.45) is 0 Å². The molecule has 0 unspecified atom stereocenters. The molecule has 1 aromatic rings. The molecule has 0 bridgehead atoms. The van der Waals surface area contributed by atoms with Crippen LogP contribution in [0.1, 0.15) is 15.9 Å². The van der Waals surface area contributed by atoms with Crippen LogP contribution in [0.25, 0.3) is 0 Å². The Kier molecular flexibility index (Phi) is 4.19. The molecule has 0 spiro atoms. The zero-order valence-electron chi connectivity index (χ0n) is 10.7. The number of sulfonamides is 1. The van der Waals surface area contributed by atoms with Gasteiger partial charge in [0.1, 0.15) is 12.6 Å². The van der Waals surface area contributed by atoms with Crippen LogP contribution in [-0.4, -0.2) is 38.0 Å². The van der Waals surface area contributed by atoms with Gasteiger partial charge < -0.3 is 5.11 Å². The highest BCUT2D eigenvalue weighted by Gasteiger charge is 2.32. The molecule has 21 heavy (non-hydrogen) atoms. The maximum absolute atomic E-state index is 12.3. The third-order valence-corrected chi connectivity index (χ3v) is 4.70. The summed E-state index contributed by atoms with van der Waals surface area (Å²) in [6.07, 6.45) is 0. The Balaban J connectivity index is 2.44. The molecular formula is C11H11ClN2O6S. The summed E-state index contributed by atoms with van der Waals surface area (Å²) >= 11 is 5.76. The lowest BCUT2D eigenvalue weighted by Crippen LogP contribution is -2.41. The van der Waals surface area contributed by atoms with Gasteiger partial charge in [-0.1, -0.05) is 11.6 Å². The Hall–Kier alpha value is -1.68. The van der Waals surface area contributed by atoms with Crippen molar-refractivity contribution in [3.8, 4) is 0 Å². The molecule has 1 fully saturated rings. The number of halogens is 1. The second-order valence-corrected chi connectivity index (χ2v) is 6.45. The largest absolute Gasteiger partial charge is 0.478 e. The van der Waals surface area contributed by atoms with E-state index < -0.39 is 27.9 Å². The number of carbonyl (C=O) groups excluding carboxylic acids is 1. The molecule has 10 heteroatoms. The molecule has 1 atom stereocenters. The van der Waals surface area contributed by atoms with E-state index in [1.165, 1.54) is 6.92 Å². The maximum atomic E-state index is 12.3. The average Bonchev–Trinajstić information content (AvgIpc) is 2.76. The first-order chi connectivity index (χ1) is 9.72. The summed E-state index contributed by atoms with van der Waals surface area (Å²) in [7, 11) is -4.12. The standard InChI is InChI=1S/C11H11ClN2O6S/c1-5-7(11(16)17)2-6(12)3-9(5)21(18,19)14-8-4-20-13-10(8)15/h2-3,8,14H,4H2,1H3,(H,13,15)(H,16,17)/t8-/m1/s1. The van der Waals surface area contributed by atoms with Gasteiger partial charge in [0.15, 0.2) is 0 Å². The molecule has 8 nitrogen and oxygen atoms in total. The normalized spacial score (nSPS) is 18.6. The van der Waals surface area contributed by atoms with E-state index in [1.54, 1.807) is 0 Å². The highest BCUT2D eigenvalue weighted by Crippen LogP contribution is 2.24. The smallest absolute Gasteiger partial charge is 0.336 e. The van der Waals surface area contributed by atoms with Gasteiger partial charge in [-0.2, -0.15) is 4.72 Å². The molecule has 0 aliphatic carbocycles. The highest BCUT2D eigenvalue weighted by molar-refractivity contribution is 7.89. The van der Waals surface area contributed by atoms with Gasteiger partial charge in [0, 0.05) is 5.02 Å². The minimum atomic E-state index is -4.12. The fourth-order valence-corrected chi connectivity index (χ4v) is 3.59. The number of amides is 1. The zero-order chi connectivity index (χ0) is 15.8. The predicted octanol–water partition coefficient (Wildman–Crippen LogP) is 0.0549. The first kappa shape index (κ1) is 15.7. The molecule has 0 radical (unpaired) electrons. The molecule has 3 N–H and O–H groups in total. The SMILES string of the molecule is Cc1c(C(=O)O)cc(Cl)cc1S(=O)(=O)N[C@@H]1CONC1=O. The van der Waals surface area contributed by atoms with Gasteiger partial charge in [0.2, 0.25) is 10.0 Å². The Morgan fingerprint density at radius 1 is 1.52 bits per heavy atom. The summed E-state index contributed by atoms with van der Waals surface area (Å²) in [5, 5.41) is 9.01. The van der Waals surface area contributed by atoms with Crippen molar-refractivity contribution >= 4 is 33.5 Å². The van der Waals surface area contributed by atoms with Gasteiger partial charge in [-0.3, -0.25) is 9.63 Å². The summed E-state index contributed by atoms with van der Waals surface area (Å²) in [4.78, 5) is 26.7. The van der Waals surface area contributed by atoms with Gasteiger partial charge in [0.25, 0.3) is 5.91 Å². The number of carboxylic acid groups (broad SMARTS) is 1. The summed E-state index contributed by atoms with van der Waals surface area (Å²) in [6.45, 7) is 1.18. The minimum Gasteiger partial charge on any atom is -0.478 e. The molecule has 114 valence electrons. The fraction of sp³-hybridized carbons (Fsp3) is 0.273. The molecular weight excluding hydrogens is 324 g/mol. The lowest BCUT2D eigenvalue weighted by molar-refractivity contribution is -0.124. The summed E-state index contributed by atoms with van der Waals surface area (Å²) in [5.74, 6) is -1.93. The lowest BCUT2D eigenvalue weighted by atomic mass is 10.1. The molecule has 1 aliphatic rings. The number of aromatic carboxylic acids is 1. The highest BCUT2D eigenvalue weighted by atomic mass is 35.5. The van der Waals surface area contributed by atoms with Crippen LogP contribution >= 0.6 is 11.6 Å². The van der Waals surface area contributed by atoms with Gasteiger partial charge in [-0.25, -0.2) is 18.7 Å². The van der Waals surface area contributed by atoms with E-state index in [-0.39, 0.29) is 27.7 Å². The quantitative estimate of drug-likeness (QED) is 0.715. The van der Waals surface area contributed by atoms with Crippen molar-refractivity contribution in [1.29, 1.82) is 0 Å². The van der Waals surface area contributed by atoms with Gasteiger partial charge in [0.05, 0.1) is 10.5 Å². The van der Waals surface area contributed by atoms with Crippen LogP contribution in [0.15, 0.2) is 17.0 Å². The maximum Gasteiger partial charge on any atom is 0.336 e. The van der Waals surface area contributed by atoms with E-state index in [1.807, 2.05) is 5.48 Å². The van der Waals surface area contributed by atoms with Gasteiger partial charge >= 0.3 is 5.97 Å². The van der Waals surface area contributed by atoms with Crippen LogP contribution in [0.3, 0.4) is 0 Å². The average molecular weight is 335 g/mol. The molecule has 1 aliphatic heterocycles. The number of rotatable bonds is 4. The topological polar surface area (TPSA) is 122 Å². The van der Waals surface area contributed by atoms with E-state index in [4.69, 9.17) is 16.7 Å². The molecule has 2 rings (SSSR count). The van der Waals surface area contributed by atoms with Crippen LogP contribution < -0.4 is 10.2 Å². The van der Waals surface area contributed by atoms with Crippen molar-refractivity contribution in [2.45, 2.75) is 17.9 Å². The van der Waals surface area contributed by atoms with Crippen molar-refractivity contribution in [3.63, 3.8) is 0 Å². The zero-order valence-corrected chi connectivity index (χ0v) is 12.3. The Morgan fingerprint density at radius 2 is 2.19 bits per heavy atom. The van der Waals surface area contributed by atoms with Crippen LogP contribution in [0, 0.1) is 6.92 Å². The van der Waals surface area contributed by atoms with Crippen molar-refractivity contribution in [2.75, 3.05) is 6.61 Å². The minimum absolute atomic E-state index is 0.0266. The van der Waals surface area contributed by atoms with E-state index >= 15 is 0 Å². The third kappa shape index (κ3) is 3.16. The molecule has 1 aromatic carbocycles. The number of hydrogen-bond acceptors (Lipinski definition) is 5. The van der Waals surface area contributed by atoms with Crippen LogP contribution in [0.5, 0.6) is 0 Å². The molecule has 0 saturated carbocycles. The van der Waals surface area contributed by atoms with E-state index in [0.717, 1.165) is 12.1 Å². The van der Waals surface area contributed by atoms with Crippen LogP contribution in [0.4, 0.5) is 0 Å². The number of carboxylic acids is 1. The number of hydrogen-bond donors (Lipinski definition) is 3.